The molecule has 1 heterocycles. The standard InChI is InChI=1S/C10H15N3O/c1-10(2,8-3-4-8)12-9(14)13-6-5-11-7-13/h5-8H,3-4H2,1-2H3,(H,12,14). The largest absolute Gasteiger partial charge is 0.332 e. The van der Waals surface area contributed by atoms with Crippen molar-refractivity contribution < 1.29 is 4.79 Å². The average molecular weight is 193 g/mol. The van der Waals surface area contributed by atoms with E-state index in [-0.39, 0.29) is 11.6 Å². The van der Waals surface area contributed by atoms with Crippen LogP contribution in [-0.4, -0.2) is 21.1 Å². The molecule has 0 saturated heterocycles. The van der Waals surface area contributed by atoms with Gasteiger partial charge in [0.2, 0.25) is 0 Å². The predicted octanol–water partition coefficient (Wildman–Crippen LogP) is 1.63. The number of carbonyl (C=O) groups is 1. The Balaban J connectivity index is 2.00. The van der Waals surface area contributed by atoms with Crippen molar-refractivity contribution in [2.45, 2.75) is 32.2 Å². The maximum absolute atomic E-state index is 11.7. The SMILES string of the molecule is CC(C)(NC(=O)n1ccnc1)C1CC1. The minimum absolute atomic E-state index is 0.0959. The highest BCUT2D eigenvalue weighted by Gasteiger charge is 2.38. The molecule has 0 bridgehead atoms. The van der Waals surface area contributed by atoms with Gasteiger partial charge in [0.25, 0.3) is 0 Å². The van der Waals surface area contributed by atoms with Gasteiger partial charge in [-0.3, -0.25) is 4.57 Å². The van der Waals surface area contributed by atoms with E-state index in [1.807, 2.05) is 0 Å². The van der Waals surface area contributed by atoms with Crippen molar-refractivity contribution in [3.8, 4) is 0 Å². The van der Waals surface area contributed by atoms with E-state index in [1.54, 1.807) is 12.4 Å². The van der Waals surface area contributed by atoms with E-state index in [4.69, 9.17) is 0 Å². The fourth-order valence-electron chi connectivity index (χ4n) is 1.63. The summed E-state index contributed by atoms with van der Waals surface area (Å²) in [5.74, 6) is 0.634. The molecule has 4 nitrogen and oxygen atoms in total. The Hall–Kier alpha value is -1.32. The quantitative estimate of drug-likeness (QED) is 0.776. The van der Waals surface area contributed by atoms with Crippen LogP contribution in [0.15, 0.2) is 18.7 Å². The van der Waals surface area contributed by atoms with Crippen molar-refractivity contribution in [3.63, 3.8) is 0 Å². The molecule has 0 aliphatic heterocycles. The Kier molecular flexibility index (Phi) is 2.06. The third kappa shape index (κ3) is 1.78. The summed E-state index contributed by atoms with van der Waals surface area (Å²) in [5, 5.41) is 3.00. The lowest BCUT2D eigenvalue weighted by molar-refractivity contribution is 0.227. The molecule has 1 amide bonds. The van der Waals surface area contributed by atoms with Gasteiger partial charge < -0.3 is 5.32 Å². The smallest absolute Gasteiger partial charge is 0.327 e. The van der Waals surface area contributed by atoms with E-state index in [1.165, 1.54) is 23.7 Å². The number of nitrogens with zero attached hydrogens (tertiary/aromatic N) is 2. The second-order valence-corrected chi connectivity index (χ2v) is 4.40. The van der Waals surface area contributed by atoms with Crippen molar-refractivity contribution in [3.05, 3.63) is 18.7 Å². The molecule has 0 radical (unpaired) electrons. The summed E-state index contributed by atoms with van der Waals surface area (Å²) in [6.45, 7) is 4.14. The fourth-order valence-corrected chi connectivity index (χ4v) is 1.63. The Bertz CT molecular complexity index is 325. The van der Waals surface area contributed by atoms with Crippen LogP contribution in [0.2, 0.25) is 0 Å². The molecule has 76 valence electrons. The van der Waals surface area contributed by atoms with Gasteiger partial charge in [-0.25, -0.2) is 9.78 Å². The van der Waals surface area contributed by atoms with Crippen LogP contribution in [0, 0.1) is 5.92 Å². The zero-order valence-corrected chi connectivity index (χ0v) is 8.53. The topological polar surface area (TPSA) is 46.9 Å². The molecular formula is C10H15N3O. The lowest BCUT2D eigenvalue weighted by Gasteiger charge is -2.25. The second-order valence-electron chi connectivity index (χ2n) is 4.40. The van der Waals surface area contributed by atoms with Gasteiger partial charge in [0.15, 0.2) is 0 Å². The van der Waals surface area contributed by atoms with Crippen molar-refractivity contribution >= 4 is 6.03 Å². The van der Waals surface area contributed by atoms with E-state index < -0.39 is 0 Å². The predicted molar refractivity (Wildman–Crippen MR) is 53.0 cm³/mol. The van der Waals surface area contributed by atoms with E-state index in [0.717, 1.165) is 0 Å². The number of aromatic nitrogens is 2. The van der Waals surface area contributed by atoms with Crippen LogP contribution in [0.5, 0.6) is 0 Å². The van der Waals surface area contributed by atoms with E-state index in [2.05, 4.69) is 24.1 Å². The van der Waals surface area contributed by atoms with E-state index >= 15 is 0 Å². The number of amides is 1. The Morgan fingerprint density at radius 3 is 2.79 bits per heavy atom. The maximum atomic E-state index is 11.7. The summed E-state index contributed by atoms with van der Waals surface area (Å²) in [5.41, 5.74) is -0.0959. The summed E-state index contributed by atoms with van der Waals surface area (Å²) in [7, 11) is 0. The number of imidazole rings is 1. The van der Waals surface area contributed by atoms with Crippen LogP contribution in [0.25, 0.3) is 0 Å². The summed E-state index contributed by atoms with van der Waals surface area (Å²) in [6, 6.07) is -0.0978. The highest BCUT2D eigenvalue weighted by Crippen LogP contribution is 2.39. The maximum Gasteiger partial charge on any atom is 0.327 e. The van der Waals surface area contributed by atoms with E-state index in [9.17, 15) is 4.79 Å². The first-order valence-electron chi connectivity index (χ1n) is 4.90. The number of hydrogen-bond donors (Lipinski definition) is 1. The normalized spacial score (nSPS) is 16.7. The summed E-state index contributed by atoms with van der Waals surface area (Å²) in [4.78, 5) is 15.5. The van der Waals surface area contributed by atoms with E-state index in [0.29, 0.717) is 5.92 Å². The van der Waals surface area contributed by atoms with Crippen molar-refractivity contribution in [2.24, 2.45) is 5.92 Å². The summed E-state index contributed by atoms with van der Waals surface area (Å²) >= 11 is 0. The second kappa shape index (κ2) is 3.12. The van der Waals surface area contributed by atoms with Crippen LogP contribution >= 0.6 is 0 Å². The lowest BCUT2D eigenvalue weighted by atomic mass is 9.99. The molecule has 1 aliphatic carbocycles. The van der Waals surface area contributed by atoms with Crippen molar-refractivity contribution in [2.75, 3.05) is 0 Å². The molecule has 0 aromatic carbocycles. The highest BCUT2D eigenvalue weighted by molar-refractivity contribution is 5.77. The highest BCUT2D eigenvalue weighted by atomic mass is 16.2. The molecular weight excluding hydrogens is 178 g/mol. The van der Waals surface area contributed by atoms with Crippen molar-refractivity contribution in [1.29, 1.82) is 0 Å². The van der Waals surface area contributed by atoms with Gasteiger partial charge in [0.05, 0.1) is 0 Å². The Labute approximate surface area is 83.3 Å². The number of rotatable bonds is 2. The molecule has 4 heteroatoms. The van der Waals surface area contributed by atoms with Crippen LogP contribution < -0.4 is 5.32 Å². The third-order valence-corrected chi connectivity index (χ3v) is 2.77. The van der Waals surface area contributed by atoms with Gasteiger partial charge in [-0.15, -0.1) is 0 Å². The Morgan fingerprint density at radius 2 is 2.29 bits per heavy atom. The minimum Gasteiger partial charge on any atom is -0.332 e. The summed E-state index contributed by atoms with van der Waals surface area (Å²) in [6.07, 6.45) is 7.20. The van der Waals surface area contributed by atoms with Crippen molar-refractivity contribution in [1.82, 2.24) is 14.9 Å². The zero-order valence-electron chi connectivity index (χ0n) is 8.53. The van der Waals surface area contributed by atoms with Crippen LogP contribution in [0.1, 0.15) is 26.7 Å². The first-order valence-corrected chi connectivity index (χ1v) is 4.90. The Morgan fingerprint density at radius 1 is 1.57 bits per heavy atom. The summed E-state index contributed by atoms with van der Waals surface area (Å²) < 4.78 is 1.46. The van der Waals surface area contributed by atoms with Gasteiger partial charge in [-0.05, 0) is 32.6 Å². The first-order chi connectivity index (χ1) is 6.59. The zero-order chi connectivity index (χ0) is 10.2. The molecule has 1 fully saturated rings. The minimum atomic E-state index is -0.0978. The number of nitrogens with one attached hydrogen (secondary N) is 1. The molecule has 1 aromatic rings. The number of hydrogen-bond acceptors (Lipinski definition) is 2. The molecule has 0 unspecified atom stereocenters. The monoisotopic (exact) mass is 193 g/mol. The van der Waals surface area contributed by atoms with Gasteiger partial charge in [-0.2, -0.15) is 0 Å². The van der Waals surface area contributed by atoms with Gasteiger partial charge in [0.1, 0.15) is 6.33 Å². The molecule has 0 atom stereocenters. The molecule has 1 aromatic heterocycles. The first kappa shape index (κ1) is 9.24. The van der Waals surface area contributed by atoms with Crippen LogP contribution in [-0.2, 0) is 0 Å². The number of carbonyl (C=O) groups excluding carboxylic acids is 1. The molecule has 2 rings (SSSR count). The molecule has 14 heavy (non-hydrogen) atoms. The molecule has 1 saturated carbocycles. The molecule has 1 N–H and O–H groups in total. The fraction of sp³-hybridized carbons (Fsp3) is 0.600. The third-order valence-electron chi connectivity index (χ3n) is 2.77. The van der Waals surface area contributed by atoms with Gasteiger partial charge in [0, 0.05) is 17.9 Å². The molecule has 0 spiro atoms. The molecule has 1 aliphatic rings. The lowest BCUT2D eigenvalue weighted by Crippen LogP contribution is -2.46. The van der Waals surface area contributed by atoms with Crippen LogP contribution in [0.3, 0.4) is 0 Å². The average Bonchev–Trinajstić information content (AvgIpc) is 2.82. The van der Waals surface area contributed by atoms with Gasteiger partial charge in [-0.1, -0.05) is 0 Å². The van der Waals surface area contributed by atoms with Crippen LogP contribution in [0.4, 0.5) is 4.79 Å². The van der Waals surface area contributed by atoms with Gasteiger partial charge >= 0.3 is 6.03 Å².